The lowest BCUT2D eigenvalue weighted by molar-refractivity contribution is 0.0661. The first-order chi connectivity index (χ1) is 9.97. The molecule has 0 spiro atoms. The van der Waals surface area contributed by atoms with Gasteiger partial charge in [-0.05, 0) is 30.0 Å². The third-order valence-electron chi connectivity index (χ3n) is 3.52. The Morgan fingerprint density at radius 3 is 2.43 bits per heavy atom. The van der Waals surface area contributed by atoms with Gasteiger partial charge in [-0.3, -0.25) is 0 Å². The number of hydrogen-bond donors (Lipinski definition) is 2. The topological polar surface area (TPSA) is 62.5 Å². The molecule has 21 heavy (non-hydrogen) atoms. The highest BCUT2D eigenvalue weighted by atomic mass is 16.4. The minimum absolute atomic E-state index is 0.00872. The minimum Gasteiger partial charge on any atom is -0.475 e. The van der Waals surface area contributed by atoms with E-state index in [9.17, 15) is 4.79 Å². The zero-order chi connectivity index (χ0) is 15.4. The second kappa shape index (κ2) is 6.59. The Kier molecular flexibility index (Phi) is 4.81. The molecule has 0 bridgehead atoms. The van der Waals surface area contributed by atoms with Crippen molar-refractivity contribution in [3.05, 3.63) is 58.5 Å². The summed E-state index contributed by atoms with van der Waals surface area (Å²) < 4.78 is 5.18. The number of rotatable bonds is 6. The van der Waals surface area contributed by atoms with Crippen LogP contribution in [0.5, 0.6) is 0 Å². The van der Waals surface area contributed by atoms with Crippen molar-refractivity contribution in [2.45, 2.75) is 39.8 Å². The second-order valence-electron chi connectivity index (χ2n) is 5.50. The zero-order valence-corrected chi connectivity index (χ0v) is 12.6. The van der Waals surface area contributed by atoms with Crippen LogP contribution in [0.15, 0.2) is 34.7 Å². The summed E-state index contributed by atoms with van der Waals surface area (Å²) in [6, 6.07) is 10.1. The van der Waals surface area contributed by atoms with Gasteiger partial charge in [0.25, 0.3) is 0 Å². The summed E-state index contributed by atoms with van der Waals surface area (Å²) in [7, 11) is 0. The molecule has 0 saturated heterocycles. The molecule has 2 aromatic rings. The lowest BCUT2D eigenvalue weighted by atomic mass is 10.0. The largest absolute Gasteiger partial charge is 0.475 e. The highest BCUT2D eigenvalue weighted by Gasteiger charge is 2.12. The normalized spacial score (nSPS) is 11.0. The maximum absolute atomic E-state index is 10.8. The van der Waals surface area contributed by atoms with Gasteiger partial charge in [-0.15, -0.1) is 0 Å². The van der Waals surface area contributed by atoms with E-state index < -0.39 is 5.97 Å². The van der Waals surface area contributed by atoms with Gasteiger partial charge in [0.1, 0.15) is 5.76 Å². The molecule has 0 aliphatic heterocycles. The molecular weight excluding hydrogens is 266 g/mol. The van der Waals surface area contributed by atoms with Crippen LogP contribution >= 0.6 is 0 Å². The fourth-order valence-electron chi connectivity index (χ4n) is 2.16. The van der Waals surface area contributed by atoms with Gasteiger partial charge in [0.05, 0.1) is 0 Å². The number of aryl methyl sites for hydroxylation is 1. The molecule has 0 fully saturated rings. The third kappa shape index (κ3) is 3.95. The maximum atomic E-state index is 10.8. The maximum Gasteiger partial charge on any atom is 0.371 e. The minimum atomic E-state index is -1.03. The average Bonchev–Trinajstić information content (AvgIpc) is 2.81. The standard InChI is InChI=1S/C17H21NO3/c1-11(2)14-6-4-13(5-7-14)9-18-10-15-8-16(17(19)20)21-12(15)3/h4-8,11,18H,9-10H2,1-3H3,(H,19,20). The fourth-order valence-corrected chi connectivity index (χ4v) is 2.16. The predicted molar refractivity (Wildman–Crippen MR) is 81.5 cm³/mol. The Balaban J connectivity index is 1.90. The van der Waals surface area contributed by atoms with Crippen LogP contribution in [-0.4, -0.2) is 11.1 Å². The summed E-state index contributed by atoms with van der Waals surface area (Å²) in [6.07, 6.45) is 0. The molecule has 2 rings (SSSR count). The van der Waals surface area contributed by atoms with Gasteiger partial charge in [-0.2, -0.15) is 0 Å². The fraction of sp³-hybridized carbons (Fsp3) is 0.353. The van der Waals surface area contributed by atoms with Crippen LogP contribution in [0.25, 0.3) is 0 Å². The Morgan fingerprint density at radius 1 is 1.24 bits per heavy atom. The molecule has 112 valence electrons. The molecule has 0 aliphatic carbocycles. The first-order valence-corrected chi connectivity index (χ1v) is 7.09. The Morgan fingerprint density at radius 2 is 1.90 bits per heavy atom. The SMILES string of the molecule is Cc1oc(C(=O)O)cc1CNCc1ccc(C(C)C)cc1. The van der Waals surface area contributed by atoms with Gasteiger partial charge in [-0.1, -0.05) is 38.1 Å². The lowest BCUT2D eigenvalue weighted by Gasteiger charge is -2.08. The molecule has 0 aliphatic rings. The molecule has 1 aromatic heterocycles. The van der Waals surface area contributed by atoms with E-state index in [1.54, 1.807) is 13.0 Å². The highest BCUT2D eigenvalue weighted by Crippen LogP contribution is 2.16. The summed E-state index contributed by atoms with van der Waals surface area (Å²) >= 11 is 0. The van der Waals surface area contributed by atoms with E-state index in [0.29, 0.717) is 18.2 Å². The van der Waals surface area contributed by atoms with Gasteiger partial charge >= 0.3 is 5.97 Å². The van der Waals surface area contributed by atoms with Crippen LogP contribution in [0.4, 0.5) is 0 Å². The molecule has 0 radical (unpaired) electrons. The van der Waals surface area contributed by atoms with Crippen LogP contribution < -0.4 is 5.32 Å². The monoisotopic (exact) mass is 287 g/mol. The first-order valence-electron chi connectivity index (χ1n) is 7.09. The van der Waals surface area contributed by atoms with Gasteiger partial charge in [0.2, 0.25) is 5.76 Å². The molecule has 1 heterocycles. The molecule has 0 amide bonds. The van der Waals surface area contributed by atoms with E-state index in [0.717, 1.165) is 12.1 Å². The third-order valence-corrected chi connectivity index (χ3v) is 3.52. The van der Waals surface area contributed by atoms with Crippen molar-refractivity contribution in [2.24, 2.45) is 0 Å². The molecule has 4 nitrogen and oxygen atoms in total. The molecule has 4 heteroatoms. The molecule has 1 aromatic carbocycles. The number of benzene rings is 1. The predicted octanol–water partition coefficient (Wildman–Crippen LogP) is 3.70. The van der Waals surface area contributed by atoms with E-state index in [1.807, 2.05) is 0 Å². The average molecular weight is 287 g/mol. The van der Waals surface area contributed by atoms with Gasteiger partial charge in [-0.25, -0.2) is 4.79 Å². The van der Waals surface area contributed by atoms with Crippen molar-refractivity contribution in [2.75, 3.05) is 0 Å². The number of carboxylic acid groups (broad SMARTS) is 1. The van der Waals surface area contributed by atoms with Crippen molar-refractivity contribution in [3.8, 4) is 0 Å². The van der Waals surface area contributed by atoms with E-state index in [2.05, 4.69) is 43.4 Å². The van der Waals surface area contributed by atoms with Crippen LogP contribution in [0, 0.1) is 6.92 Å². The van der Waals surface area contributed by atoms with Gasteiger partial charge in [0.15, 0.2) is 0 Å². The van der Waals surface area contributed by atoms with Crippen LogP contribution in [-0.2, 0) is 13.1 Å². The Bertz CT molecular complexity index is 611. The molecule has 0 atom stereocenters. The lowest BCUT2D eigenvalue weighted by Crippen LogP contribution is -2.12. The quantitative estimate of drug-likeness (QED) is 0.850. The number of carbonyl (C=O) groups is 1. The number of carboxylic acids is 1. The first kappa shape index (κ1) is 15.3. The summed E-state index contributed by atoms with van der Waals surface area (Å²) in [5, 5.41) is 12.2. The second-order valence-corrected chi connectivity index (χ2v) is 5.50. The van der Waals surface area contributed by atoms with E-state index >= 15 is 0 Å². The van der Waals surface area contributed by atoms with E-state index in [1.165, 1.54) is 11.1 Å². The van der Waals surface area contributed by atoms with Crippen molar-refractivity contribution in [3.63, 3.8) is 0 Å². The van der Waals surface area contributed by atoms with Gasteiger partial charge in [0, 0.05) is 18.7 Å². The number of furan rings is 1. The van der Waals surface area contributed by atoms with E-state index in [-0.39, 0.29) is 5.76 Å². The number of hydrogen-bond acceptors (Lipinski definition) is 3. The summed E-state index contributed by atoms with van der Waals surface area (Å²) in [4.78, 5) is 10.8. The van der Waals surface area contributed by atoms with Crippen molar-refractivity contribution >= 4 is 5.97 Å². The van der Waals surface area contributed by atoms with Crippen molar-refractivity contribution in [1.29, 1.82) is 0 Å². The molecule has 0 saturated carbocycles. The zero-order valence-electron chi connectivity index (χ0n) is 12.6. The Hall–Kier alpha value is -2.07. The summed E-state index contributed by atoms with van der Waals surface area (Å²) in [5.41, 5.74) is 3.42. The van der Waals surface area contributed by atoms with Crippen LogP contribution in [0.2, 0.25) is 0 Å². The van der Waals surface area contributed by atoms with Gasteiger partial charge < -0.3 is 14.8 Å². The Labute approximate surface area is 124 Å². The summed E-state index contributed by atoms with van der Waals surface area (Å²) in [6.45, 7) is 7.46. The molecule has 2 N–H and O–H groups in total. The number of aromatic carboxylic acids is 1. The van der Waals surface area contributed by atoms with Crippen LogP contribution in [0.1, 0.15) is 52.8 Å². The van der Waals surface area contributed by atoms with Crippen molar-refractivity contribution < 1.29 is 14.3 Å². The molecule has 0 unspecified atom stereocenters. The van der Waals surface area contributed by atoms with Crippen molar-refractivity contribution in [1.82, 2.24) is 5.32 Å². The smallest absolute Gasteiger partial charge is 0.371 e. The summed E-state index contributed by atoms with van der Waals surface area (Å²) in [5.74, 6) is 0.143. The van der Waals surface area contributed by atoms with E-state index in [4.69, 9.17) is 9.52 Å². The van der Waals surface area contributed by atoms with Crippen LogP contribution in [0.3, 0.4) is 0 Å². The highest BCUT2D eigenvalue weighted by molar-refractivity contribution is 5.84. The molecular formula is C17H21NO3. The number of nitrogens with one attached hydrogen (secondary N) is 1.